The fourth-order valence-electron chi connectivity index (χ4n) is 4.40. The average molecular weight is 494 g/mol. The summed E-state index contributed by atoms with van der Waals surface area (Å²) in [5.74, 6) is -3.75. The summed E-state index contributed by atoms with van der Waals surface area (Å²) in [5, 5.41) is -0.332. The maximum Gasteiger partial charge on any atom is 0.343 e. The lowest BCUT2D eigenvalue weighted by Gasteiger charge is -2.35. The molecule has 0 radical (unpaired) electrons. The highest BCUT2D eigenvalue weighted by Gasteiger charge is 2.33. The number of rotatable bonds is 8. The van der Waals surface area contributed by atoms with Crippen molar-refractivity contribution in [3.63, 3.8) is 0 Å². The standard InChI is InChI=1S/C25H33F2N3O5/c1-6-15(4)20(25(33)35-8-3)30-14-17(24(32)34-7-2)23(31)16-13-18(26)22(19(27)21(16)30)29-11-9-28(5)10-12-29/h13-15,20H,6-12H2,1-5H3. The van der Waals surface area contributed by atoms with E-state index < -0.39 is 40.6 Å². The van der Waals surface area contributed by atoms with Crippen LogP contribution in [0.15, 0.2) is 17.1 Å². The van der Waals surface area contributed by atoms with Crippen molar-refractivity contribution < 1.29 is 27.8 Å². The Hall–Kier alpha value is -3.01. The number of fused-ring (bicyclic) bond motifs is 1. The van der Waals surface area contributed by atoms with Crippen LogP contribution in [0.1, 0.15) is 50.5 Å². The predicted molar refractivity (Wildman–Crippen MR) is 129 cm³/mol. The molecule has 1 aliphatic heterocycles. The first-order valence-electron chi connectivity index (χ1n) is 12.0. The zero-order chi connectivity index (χ0) is 25.9. The van der Waals surface area contributed by atoms with Gasteiger partial charge in [-0.05, 0) is 32.9 Å². The first kappa shape index (κ1) is 26.6. The maximum absolute atomic E-state index is 16.2. The molecule has 2 unspecified atom stereocenters. The number of piperazine rings is 1. The Morgan fingerprint density at radius 2 is 1.69 bits per heavy atom. The third-order valence-electron chi connectivity index (χ3n) is 6.51. The highest BCUT2D eigenvalue weighted by molar-refractivity contribution is 5.95. The van der Waals surface area contributed by atoms with Crippen LogP contribution in [0.4, 0.5) is 14.5 Å². The molecule has 8 nitrogen and oxygen atoms in total. The Kier molecular flexibility index (Phi) is 8.47. The van der Waals surface area contributed by atoms with Crippen molar-refractivity contribution in [2.75, 3.05) is 51.3 Å². The van der Waals surface area contributed by atoms with E-state index in [2.05, 4.69) is 4.90 Å². The highest BCUT2D eigenvalue weighted by Crippen LogP contribution is 2.34. The molecule has 2 aromatic rings. The van der Waals surface area contributed by atoms with E-state index in [1.54, 1.807) is 25.7 Å². The predicted octanol–water partition coefficient (Wildman–Crippen LogP) is 3.36. The minimum absolute atomic E-state index is 0.00798. The number of carbonyl (C=O) groups is 2. The summed E-state index contributed by atoms with van der Waals surface area (Å²) in [7, 11) is 1.93. The first-order valence-corrected chi connectivity index (χ1v) is 12.0. The van der Waals surface area contributed by atoms with E-state index in [9.17, 15) is 14.4 Å². The zero-order valence-corrected chi connectivity index (χ0v) is 20.9. The van der Waals surface area contributed by atoms with Crippen LogP contribution in [0.25, 0.3) is 10.9 Å². The van der Waals surface area contributed by atoms with Gasteiger partial charge in [0.25, 0.3) is 0 Å². The Morgan fingerprint density at radius 1 is 1.06 bits per heavy atom. The SMILES string of the molecule is CCOC(=O)c1cn(C(C(=O)OCC)C(C)CC)c2c(F)c(N3CCN(C)CC3)c(F)cc2c1=O. The van der Waals surface area contributed by atoms with Gasteiger partial charge in [-0.15, -0.1) is 0 Å². The van der Waals surface area contributed by atoms with Gasteiger partial charge in [0.15, 0.2) is 5.82 Å². The number of hydrogen-bond acceptors (Lipinski definition) is 7. The minimum Gasteiger partial charge on any atom is -0.464 e. The van der Waals surface area contributed by atoms with Gasteiger partial charge in [-0.3, -0.25) is 4.79 Å². The fraction of sp³-hybridized carbons (Fsp3) is 0.560. The lowest BCUT2D eigenvalue weighted by Crippen LogP contribution is -2.45. The molecule has 35 heavy (non-hydrogen) atoms. The van der Waals surface area contributed by atoms with Crippen molar-refractivity contribution in [1.29, 1.82) is 0 Å². The number of benzene rings is 1. The van der Waals surface area contributed by atoms with Crippen molar-refractivity contribution in [3.8, 4) is 0 Å². The second-order valence-electron chi connectivity index (χ2n) is 8.79. The van der Waals surface area contributed by atoms with Gasteiger partial charge in [0.1, 0.15) is 23.1 Å². The van der Waals surface area contributed by atoms with Gasteiger partial charge in [-0.2, -0.15) is 0 Å². The van der Waals surface area contributed by atoms with E-state index in [1.807, 2.05) is 14.0 Å². The molecule has 1 saturated heterocycles. The van der Waals surface area contributed by atoms with Gasteiger partial charge in [0.05, 0.1) is 24.1 Å². The number of likely N-dealkylation sites (N-methyl/N-ethyl adjacent to an activating group) is 1. The van der Waals surface area contributed by atoms with Gasteiger partial charge >= 0.3 is 11.9 Å². The second-order valence-corrected chi connectivity index (χ2v) is 8.79. The van der Waals surface area contributed by atoms with E-state index in [4.69, 9.17) is 9.47 Å². The molecule has 192 valence electrons. The molecule has 1 aromatic carbocycles. The molecule has 2 heterocycles. The molecular weight excluding hydrogens is 460 g/mol. The summed E-state index contributed by atoms with van der Waals surface area (Å²) in [4.78, 5) is 42.5. The molecule has 1 aliphatic rings. The number of carbonyl (C=O) groups excluding carboxylic acids is 2. The molecule has 0 amide bonds. The molecule has 0 bridgehead atoms. The molecule has 1 fully saturated rings. The Morgan fingerprint density at radius 3 is 2.26 bits per heavy atom. The third kappa shape index (κ3) is 5.17. The average Bonchev–Trinajstić information content (AvgIpc) is 2.82. The molecule has 10 heteroatoms. The van der Waals surface area contributed by atoms with Crippen molar-refractivity contribution in [1.82, 2.24) is 9.47 Å². The Bertz CT molecular complexity index is 1160. The quantitative estimate of drug-likeness (QED) is 0.522. The summed E-state index contributed by atoms with van der Waals surface area (Å²) in [6, 6.07) is -0.0940. The second kappa shape index (κ2) is 11.2. The van der Waals surface area contributed by atoms with E-state index in [0.717, 1.165) is 12.3 Å². The third-order valence-corrected chi connectivity index (χ3v) is 6.51. The molecule has 0 saturated carbocycles. The van der Waals surface area contributed by atoms with Crippen LogP contribution in [0.2, 0.25) is 0 Å². The van der Waals surface area contributed by atoms with Gasteiger partial charge in [0.2, 0.25) is 5.43 Å². The summed E-state index contributed by atoms with van der Waals surface area (Å²) in [6.45, 7) is 9.01. The Balaban J connectivity index is 2.38. The molecule has 2 atom stereocenters. The molecule has 3 rings (SSSR count). The van der Waals surface area contributed by atoms with Crippen molar-refractivity contribution in [2.45, 2.75) is 40.2 Å². The number of ether oxygens (including phenoxy) is 2. The number of nitrogens with zero attached hydrogens (tertiary/aromatic N) is 3. The monoisotopic (exact) mass is 493 g/mol. The number of hydrogen-bond donors (Lipinski definition) is 0. The van der Waals surface area contributed by atoms with E-state index in [-0.39, 0.29) is 35.7 Å². The van der Waals surface area contributed by atoms with E-state index >= 15 is 8.78 Å². The van der Waals surface area contributed by atoms with Crippen molar-refractivity contribution in [3.05, 3.63) is 39.7 Å². The van der Waals surface area contributed by atoms with Crippen LogP contribution in [0.3, 0.4) is 0 Å². The molecule has 1 aromatic heterocycles. The highest BCUT2D eigenvalue weighted by atomic mass is 19.1. The van der Waals surface area contributed by atoms with Gasteiger partial charge < -0.3 is 23.8 Å². The van der Waals surface area contributed by atoms with Gasteiger partial charge in [-0.1, -0.05) is 20.3 Å². The van der Waals surface area contributed by atoms with E-state index in [0.29, 0.717) is 32.6 Å². The number of esters is 2. The summed E-state index contributed by atoms with van der Waals surface area (Å²) >= 11 is 0. The molecular formula is C25H33F2N3O5. The minimum atomic E-state index is -1.04. The van der Waals surface area contributed by atoms with E-state index in [1.165, 1.54) is 4.57 Å². The number of pyridine rings is 1. The number of aromatic nitrogens is 1. The largest absolute Gasteiger partial charge is 0.464 e. The van der Waals surface area contributed by atoms with Crippen LogP contribution >= 0.6 is 0 Å². The van der Waals surface area contributed by atoms with Crippen LogP contribution in [0.5, 0.6) is 0 Å². The molecule has 0 aliphatic carbocycles. The summed E-state index contributed by atoms with van der Waals surface area (Å²) in [5.41, 5.74) is -1.75. The normalized spacial score (nSPS) is 16.3. The Labute approximate surface area is 203 Å². The number of halogens is 2. The molecule has 0 N–H and O–H groups in total. The topological polar surface area (TPSA) is 81.1 Å². The molecule has 0 spiro atoms. The van der Waals surface area contributed by atoms with Crippen LogP contribution in [0, 0.1) is 17.6 Å². The fourth-order valence-corrected chi connectivity index (χ4v) is 4.40. The van der Waals surface area contributed by atoms with Gasteiger partial charge in [-0.25, -0.2) is 18.4 Å². The summed E-state index contributed by atoms with van der Waals surface area (Å²) < 4.78 is 43.0. The lowest BCUT2D eigenvalue weighted by molar-refractivity contribution is -0.148. The number of anilines is 1. The van der Waals surface area contributed by atoms with Gasteiger partial charge in [0, 0.05) is 32.4 Å². The first-order chi connectivity index (χ1) is 16.7. The summed E-state index contributed by atoms with van der Waals surface area (Å²) in [6.07, 6.45) is 1.67. The lowest BCUT2D eigenvalue weighted by atomic mass is 9.97. The zero-order valence-electron chi connectivity index (χ0n) is 20.9. The van der Waals surface area contributed by atoms with Crippen LogP contribution < -0.4 is 10.3 Å². The van der Waals surface area contributed by atoms with Crippen molar-refractivity contribution >= 4 is 28.5 Å². The maximum atomic E-state index is 16.2. The van der Waals surface area contributed by atoms with Crippen molar-refractivity contribution in [2.24, 2.45) is 5.92 Å². The van der Waals surface area contributed by atoms with Crippen LogP contribution in [-0.2, 0) is 14.3 Å². The smallest absolute Gasteiger partial charge is 0.343 e. The van der Waals surface area contributed by atoms with Crippen LogP contribution in [-0.4, -0.2) is 67.8 Å².